The van der Waals surface area contributed by atoms with Gasteiger partial charge in [0.15, 0.2) is 5.82 Å². The van der Waals surface area contributed by atoms with Crippen LogP contribution in [0.25, 0.3) is 71.8 Å². The summed E-state index contributed by atoms with van der Waals surface area (Å²) in [6.07, 6.45) is 0. The van der Waals surface area contributed by atoms with Crippen LogP contribution in [0.5, 0.6) is 0 Å². The van der Waals surface area contributed by atoms with E-state index >= 15 is 0 Å². The van der Waals surface area contributed by atoms with Gasteiger partial charge in [-0.3, -0.25) is 4.57 Å². The van der Waals surface area contributed by atoms with Crippen molar-refractivity contribution in [2.24, 2.45) is 0 Å². The Bertz CT molecular complexity index is 2420. The highest BCUT2D eigenvalue weighted by Crippen LogP contribution is 2.37. The second kappa shape index (κ2) is 8.64. The van der Waals surface area contributed by atoms with Gasteiger partial charge in [-0.1, -0.05) is 109 Å². The van der Waals surface area contributed by atoms with Crippen LogP contribution in [-0.4, -0.2) is 14.5 Å². The van der Waals surface area contributed by atoms with Gasteiger partial charge in [-0.05, 0) is 52.2 Å². The van der Waals surface area contributed by atoms with Gasteiger partial charge >= 0.3 is 0 Å². The molecule has 0 aliphatic carbocycles. The highest BCUT2D eigenvalue weighted by Gasteiger charge is 2.19. The molecule has 39 heavy (non-hydrogen) atoms. The number of hydrogen-bond acceptors (Lipinski definition) is 2. The Hall–Kier alpha value is -5.28. The molecular weight excluding hydrogens is 474 g/mol. The average molecular weight is 503 g/mol. The third-order valence-electron chi connectivity index (χ3n) is 7.23. The summed E-state index contributed by atoms with van der Waals surface area (Å²) in [5.41, 5.74) is 5.40. The molecule has 0 N–H and O–H groups in total. The van der Waals surface area contributed by atoms with Crippen LogP contribution in [0, 0.1) is 0 Å². The Labute approximate surface area is 232 Å². The minimum atomic E-state index is -0.417. The molecule has 0 amide bonds. The van der Waals surface area contributed by atoms with Gasteiger partial charge in [0.2, 0.25) is 0 Å². The Balaban J connectivity index is 1.45. The first-order chi connectivity index (χ1) is 21.4. The van der Waals surface area contributed by atoms with Crippen molar-refractivity contribution in [3.63, 3.8) is 0 Å². The topological polar surface area (TPSA) is 30.7 Å². The summed E-state index contributed by atoms with van der Waals surface area (Å²) in [6, 6.07) is 34.6. The third kappa shape index (κ3) is 3.52. The molecule has 0 fully saturated rings. The van der Waals surface area contributed by atoms with E-state index in [1.165, 1.54) is 0 Å². The van der Waals surface area contributed by atoms with Crippen molar-refractivity contribution in [2.45, 2.75) is 0 Å². The largest absolute Gasteiger partial charge is 0.292 e. The summed E-state index contributed by atoms with van der Waals surface area (Å²) >= 11 is 0. The Morgan fingerprint density at radius 1 is 0.513 bits per heavy atom. The molecule has 2 heterocycles. The number of nitrogens with zero attached hydrogens (tertiary/aromatic N) is 3. The predicted octanol–water partition coefficient (Wildman–Crippen LogP) is 9.21. The lowest BCUT2D eigenvalue weighted by molar-refractivity contribution is 1.08. The number of para-hydroxylation sites is 1. The number of fused-ring (bicyclic) bond motifs is 5. The van der Waals surface area contributed by atoms with E-state index < -0.39 is 6.04 Å². The fourth-order valence-corrected chi connectivity index (χ4v) is 5.42. The molecule has 3 heteroatoms. The van der Waals surface area contributed by atoms with Crippen LogP contribution in [0.15, 0.2) is 139 Å². The van der Waals surface area contributed by atoms with Gasteiger partial charge in [-0.25, -0.2) is 9.97 Å². The van der Waals surface area contributed by atoms with E-state index in [4.69, 9.17) is 16.8 Å². The Morgan fingerprint density at radius 3 is 2.10 bits per heavy atom. The molecule has 182 valence electrons. The van der Waals surface area contributed by atoms with Crippen LogP contribution in [0.2, 0.25) is 0 Å². The maximum Gasteiger partial charge on any atom is 0.165 e. The maximum absolute atomic E-state index is 8.49. The van der Waals surface area contributed by atoms with Crippen molar-refractivity contribution in [3.8, 4) is 28.2 Å². The van der Waals surface area contributed by atoms with Crippen LogP contribution >= 0.6 is 0 Å². The van der Waals surface area contributed by atoms with Gasteiger partial charge in [0.25, 0.3) is 0 Å². The summed E-state index contributed by atoms with van der Waals surface area (Å²) in [6.45, 7) is 0. The van der Waals surface area contributed by atoms with Crippen molar-refractivity contribution in [1.29, 1.82) is 0 Å². The van der Waals surface area contributed by atoms with E-state index in [0.29, 0.717) is 28.1 Å². The maximum atomic E-state index is 8.49. The summed E-state index contributed by atoms with van der Waals surface area (Å²) < 4.78 is 43.4. The second-order valence-electron chi connectivity index (χ2n) is 9.53. The average Bonchev–Trinajstić information content (AvgIpc) is 3.38. The molecule has 0 unspecified atom stereocenters. The molecule has 0 atom stereocenters. The molecule has 0 aliphatic rings. The molecule has 0 aliphatic heterocycles. The van der Waals surface area contributed by atoms with Gasteiger partial charge in [0.1, 0.15) is 5.69 Å². The van der Waals surface area contributed by atoms with Gasteiger partial charge in [-0.15, -0.1) is 0 Å². The zero-order chi connectivity index (χ0) is 30.1. The van der Waals surface area contributed by atoms with Crippen molar-refractivity contribution in [2.75, 3.05) is 0 Å². The predicted molar refractivity (Wildman–Crippen MR) is 162 cm³/mol. The summed E-state index contributed by atoms with van der Waals surface area (Å²) in [7, 11) is 0. The smallest absolute Gasteiger partial charge is 0.165 e. The normalized spacial score (nSPS) is 13.4. The minimum absolute atomic E-state index is 0.138. The summed E-state index contributed by atoms with van der Waals surface area (Å²) in [5.74, 6) is 0.681. The number of hydrogen-bond donors (Lipinski definition) is 0. The standard InChI is InChI=1S/C36H23N3/c1-3-11-24(12-4-1)28-19-20-31-32(22-28)37-35(25-13-5-2-6-14-25)36(38-31)39-33-18-10-9-17-29(33)30-21-26-15-7-8-16-27(26)23-34(30)39/h1-23H/i1D,3D,4D,11D,12D. The van der Waals surface area contributed by atoms with Crippen molar-refractivity contribution in [3.05, 3.63) is 139 Å². The fourth-order valence-electron chi connectivity index (χ4n) is 5.42. The monoisotopic (exact) mass is 502 g/mol. The van der Waals surface area contributed by atoms with Gasteiger partial charge in [0, 0.05) is 16.3 Å². The van der Waals surface area contributed by atoms with E-state index in [0.717, 1.165) is 38.1 Å². The molecule has 8 aromatic rings. The highest BCUT2D eigenvalue weighted by molar-refractivity contribution is 6.13. The molecule has 0 bridgehead atoms. The van der Waals surface area contributed by atoms with Gasteiger partial charge in [0.05, 0.1) is 28.9 Å². The summed E-state index contributed by atoms with van der Waals surface area (Å²) in [4.78, 5) is 10.4. The first kappa shape index (κ1) is 17.3. The molecule has 2 aromatic heterocycles. The molecule has 8 rings (SSSR count). The second-order valence-corrected chi connectivity index (χ2v) is 9.53. The van der Waals surface area contributed by atoms with E-state index in [-0.39, 0.29) is 29.7 Å². The first-order valence-electron chi connectivity index (χ1n) is 15.3. The lowest BCUT2D eigenvalue weighted by Crippen LogP contribution is -2.03. The quantitative estimate of drug-likeness (QED) is 0.241. The Morgan fingerprint density at radius 2 is 1.26 bits per heavy atom. The van der Waals surface area contributed by atoms with Gasteiger partial charge < -0.3 is 0 Å². The highest BCUT2D eigenvalue weighted by atomic mass is 15.1. The molecule has 3 nitrogen and oxygen atoms in total. The minimum Gasteiger partial charge on any atom is -0.292 e. The van der Waals surface area contributed by atoms with Crippen LogP contribution in [0.4, 0.5) is 0 Å². The number of benzene rings is 6. The molecule has 0 saturated heterocycles. The van der Waals surface area contributed by atoms with E-state index in [2.05, 4.69) is 41.0 Å². The first-order valence-corrected chi connectivity index (χ1v) is 12.8. The van der Waals surface area contributed by atoms with Crippen molar-refractivity contribution < 1.29 is 6.85 Å². The molecular formula is C36H23N3. The third-order valence-corrected chi connectivity index (χ3v) is 7.23. The lowest BCUT2D eigenvalue weighted by atomic mass is 10.0. The molecule has 6 aromatic carbocycles. The Kier molecular flexibility index (Phi) is 3.83. The SMILES string of the molecule is [2H]c1c([2H])c([2H])c(-c2ccc3nc(-n4c5ccccc5c5cc6ccccc6cc54)c(-c4ccccc4)nc3c2)c([2H])c1[2H]. The van der Waals surface area contributed by atoms with Crippen LogP contribution in [0.3, 0.4) is 0 Å². The molecule has 0 saturated carbocycles. The fraction of sp³-hybridized carbons (Fsp3) is 0. The summed E-state index contributed by atoms with van der Waals surface area (Å²) in [5, 5.41) is 4.53. The molecule has 0 radical (unpaired) electrons. The van der Waals surface area contributed by atoms with E-state index in [1.54, 1.807) is 18.2 Å². The number of rotatable bonds is 3. The zero-order valence-corrected chi connectivity index (χ0v) is 20.7. The lowest BCUT2D eigenvalue weighted by Gasteiger charge is -2.14. The van der Waals surface area contributed by atoms with E-state index in [9.17, 15) is 0 Å². The van der Waals surface area contributed by atoms with E-state index in [1.807, 2.05) is 54.6 Å². The van der Waals surface area contributed by atoms with Crippen molar-refractivity contribution in [1.82, 2.24) is 14.5 Å². The zero-order valence-electron chi connectivity index (χ0n) is 25.7. The molecule has 0 spiro atoms. The van der Waals surface area contributed by atoms with Crippen LogP contribution in [-0.2, 0) is 0 Å². The van der Waals surface area contributed by atoms with Crippen molar-refractivity contribution >= 4 is 43.6 Å². The van der Waals surface area contributed by atoms with Crippen LogP contribution < -0.4 is 0 Å². The van der Waals surface area contributed by atoms with Crippen LogP contribution in [0.1, 0.15) is 6.85 Å². The number of aromatic nitrogens is 3. The van der Waals surface area contributed by atoms with Gasteiger partial charge in [-0.2, -0.15) is 0 Å².